The fourth-order valence-corrected chi connectivity index (χ4v) is 4.10. The van der Waals surface area contributed by atoms with E-state index in [1.54, 1.807) is 18.2 Å². The van der Waals surface area contributed by atoms with E-state index < -0.39 is 4.92 Å². The normalized spacial score (nSPS) is 11.3. The molecule has 0 aliphatic rings. The number of aromatic nitrogens is 2. The van der Waals surface area contributed by atoms with Crippen molar-refractivity contribution in [3.63, 3.8) is 0 Å². The first-order chi connectivity index (χ1) is 15.4. The lowest BCUT2D eigenvalue weighted by Crippen LogP contribution is -2.22. The van der Waals surface area contributed by atoms with Gasteiger partial charge in [0.1, 0.15) is 5.82 Å². The highest BCUT2D eigenvalue weighted by molar-refractivity contribution is 14.1. The van der Waals surface area contributed by atoms with Crippen molar-refractivity contribution in [3.05, 3.63) is 107 Å². The molecule has 0 fully saturated rings. The summed E-state index contributed by atoms with van der Waals surface area (Å²) in [6.07, 6.45) is 4.57. The molecule has 1 heterocycles. The highest BCUT2D eigenvalue weighted by Crippen LogP contribution is 2.27. The number of halogens is 2. The lowest BCUT2D eigenvalue weighted by atomic mass is 10.1. The Bertz CT molecular complexity index is 1430. The number of aryl methyl sites for hydroxylation is 1. The Balaban J connectivity index is 1.93. The van der Waals surface area contributed by atoms with Crippen molar-refractivity contribution in [2.45, 2.75) is 13.3 Å². The standard InChI is InChI=1S/C24H17ClIN3O3/c1-2-15-3-5-16(6-4-15)7-12-23-27-21-10-8-17(26)13-19(21)24(30)28(23)22-11-9-18(29(31)32)14-20(22)25/h3-14H,2H2,1H3/b12-7+. The van der Waals surface area contributed by atoms with Crippen molar-refractivity contribution in [1.82, 2.24) is 9.55 Å². The summed E-state index contributed by atoms with van der Waals surface area (Å²) in [5.74, 6) is 0.374. The third-order valence-corrected chi connectivity index (χ3v) is 6.03. The van der Waals surface area contributed by atoms with Crippen molar-refractivity contribution in [2.24, 2.45) is 0 Å². The molecule has 0 bridgehead atoms. The van der Waals surface area contributed by atoms with Gasteiger partial charge < -0.3 is 0 Å². The number of hydrogen-bond donors (Lipinski definition) is 0. The van der Waals surface area contributed by atoms with Gasteiger partial charge in [0.15, 0.2) is 0 Å². The van der Waals surface area contributed by atoms with Crippen LogP contribution in [0, 0.1) is 13.7 Å². The first kappa shape index (κ1) is 22.2. The Morgan fingerprint density at radius 3 is 2.50 bits per heavy atom. The minimum absolute atomic E-state index is 0.0926. The molecule has 0 spiro atoms. The zero-order chi connectivity index (χ0) is 22.8. The predicted molar refractivity (Wildman–Crippen MR) is 136 cm³/mol. The second kappa shape index (κ2) is 9.22. The van der Waals surface area contributed by atoms with Crippen molar-refractivity contribution < 1.29 is 4.92 Å². The van der Waals surface area contributed by atoms with Gasteiger partial charge in [-0.3, -0.25) is 19.5 Å². The van der Waals surface area contributed by atoms with Crippen molar-refractivity contribution in [2.75, 3.05) is 0 Å². The number of rotatable bonds is 5. The summed E-state index contributed by atoms with van der Waals surface area (Å²) in [6, 6.07) is 17.6. The van der Waals surface area contributed by atoms with Crippen LogP contribution < -0.4 is 5.56 Å². The molecule has 3 aromatic carbocycles. The van der Waals surface area contributed by atoms with E-state index >= 15 is 0 Å². The Morgan fingerprint density at radius 2 is 1.84 bits per heavy atom. The molecule has 32 heavy (non-hydrogen) atoms. The molecule has 0 aliphatic heterocycles. The summed E-state index contributed by atoms with van der Waals surface area (Å²) < 4.78 is 2.29. The number of nitro benzene ring substituents is 1. The van der Waals surface area contributed by atoms with Gasteiger partial charge in [-0.25, -0.2) is 4.98 Å². The largest absolute Gasteiger partial charge is 0.271 e. The molecule has 160 valence electrons. The molecule has 0 saturated heterocycles. The fourth-order valence-electron chi connectivity index (χ4n) is 3.35. The third kappa shape index (κ3) is 4.44. The lowest BCUT2D eigenvalue weighted by molar-refractivity contribution is -0.384. The highest BCUT2D eigenvalue weighted by atomic mass is 127. The Labute approximate surface area is 202 Å². The highest BCUT2D eigenvalue weighted by Gasteiger charge is 2.16. The first-order valence-corrected chi connectivity index (χ1v) is 11.3. The van der Waals surface area contributed by atoms with Gasteiger partial charge in [-0.05, 0) is 70.5 Å². The summed E-state index contributed by atoms with van der Waals surface area (Å²) >= 11 is 8.50. The number of fused-ring (bicyclic) bond motifs is 1. The predicted octanol–water partition coefficient (Wildman–Crippen LogP) is 6.28. The SMILES string of the molecule is CCc1ccc(/C=C/c2nc3ccc(I)cc3c(=O)n2-c2ccc([N+](=O)[O-])cc2Cl)cc1. The molecule has 0 amide bonds. The second-order valence-electron chi connectivity index (χ2n) is 7.09. The smallest absolute Gasteiger partial charge is 0.268 e. The van der Waals surface area contributed by atoms with Crippen molar-refractivity contribution in [3.8, 4) is 5.69 Å². The third-order valence-electron chi connectivity index (χ3n) is 5.05. The van der Waals surface area contributed by atoms with Gasteiger partial charge in [-0.1, -0.05) is 48.9 Å². The Morgan fingerprint density at radius 1 is 1.09 bits per heavy atom. The topological polar surface area (TPSA) is 78.0 Å². The summed E-state index contributed by atoms with van der Waals surface area (Å²) in [5.41, 5.74) is 2.63. The lowest BCUT2D eigenvalue weighted by Gasteiger charge is -2.13. The van der Waals surface area contributed by atoms with Gasteiger partial charge in [0.05, 0.1) is 26.5 Å². The average molecular weight is 558 g/mol. The average Bonchev–Trinajstić information content (AvgIpc) is 2.79. The molecule has 4 rings (SSSR count). The number of benzene rings is 3. The number of nitro groups is 1. The summed E-state index contributed by atoms with van der Waals surface area (Å²) in [7, 11) is 0. The maximum Gasteiger partial charge on any atom is 0.271 e. The fraction of sp³-hybridized carbons (Fsp3) is 0.0833. The zero-order valence-electron chi connectivity index (χ0n) is 17.0. The Kier molecular flexibility index (Phi) is 6.38. The van der Waals surface area contributed by atoms with E-state index in [1.165, 1.54) is 28.3 Å². The van der Waals surface area contributed by atoms with Crippen LogP contribution in [0.1, 0.15) is 23.9 Å². The van der Waals surface area contributed by atoms with Gasteiger partial charge in [0.25, 0.3) is 11.2 Å². The first-order valence-electron chi connectivity index (χ1n) is 9.81. The molecule has 0 aliphatic carbocycles. The van der Waals surface area contributed by atoms with Crippen LogP contribution >= 0.6 is 34.2 Å². The summed E-state index contributed by atoms with van der Waals surface area (Å²) in [4.78, 5) is 28.7. The van der Waals surface area contributed by atoms with E-state index in [0.717, 1.165) is 15.6 Å². The number of hydrogen-bond acceptors (Lipinski definition) is 4. The maximum atomic E-state index is 13.5. The van der Waals surface area contributed by atoms with E-state index in [9.17, 15) is 14.9 Å². The molecule has 0 saturated carbocycles. The molecule has 0 radical (unpaired) electrons. The van der Waals surface area contributed by atoms with Crippen LogP contribution in [0.5, 0.6) is 0 Å². The quantitative estimate of drug-likeness (QED) is 0.164. The monoisotopic (exact) mass is 557 g/mol. The Hall–Kier alpha value is -3.04. The molecule has 0 N–H and O–H groups in total. The van der Waals surface area contributed by atoms with Crippen molar-refractivity contribution >= 4 is 62.9 Å². The second-order valence-corrected chi connectivity index (χ2v) is 8.75. The molecule has 0 atom stereocenters. The molecule has 6 nitrogen and oxygen atoms in total. The van der Waals surface area contributed by atoms with Gasteiger partial charge in [-0.15, -0.1) is 0 Å². The van der Waals surface area contributed by atoms with Crippen molar-refractivity contribution in [1.29, 1.82) is 0 Å². The van der Waals surface area contributed by atoms with Crippen LogP contribution in [0.3, 0.4) is 0 Å². The van der Waals surface area contributed by atoms with Crippen LogP contribution in [0.15, 0.2) is 65.5 Å². The van der Waals surface area contributed by atoms with Gasteiger partial charge in [0.2, 0.25) is 0 Å². The van der Waals surface area contributed by atoms with Crippen LogP contribution in [0.4, 0.5) is 5.69 Å². The van der Waals surface area contributed by atoms with Crippen LogP contribution in [-0.2, 0) is 6.42 Å². The number of non-ortho nitro benzene ring substituents is 1. The number of nitrogens with zero attached hydrogens (tertiary/aromatic N) is 3. The molecule has 0 unspecified atom stereocenters. The van der Waals surface area contributed by atoms with E-state index in [-0.39, 0.29) is 16.3 Å². The molecular formula is C24H17ClIN3O3. The molecule has 4 aromatic rings. The van der Waals surface area contributed by atoms with E-state index in [4.69, 9.17) is 11.6 Å². The summed E-state index contributed by atoms with van der Waals surface area (Å²) in [6.45, 7) is 2.09. The molecule has 1 aromatic heterocycles. The van der Waals surface area contributed by atoms with Gasteiger partial charge >= 0.3 is 0 Å². The van der Waals surface area contributed by atoms with E-state index in [2.05, 4.69) is 46.6 Å². The minimum Gasteiger partial charge on any atom is -0.268 e. The summed E-state index contributed by atoms with van der Waals surface area (Å²) in [5, 5.41) is 11.6. The zero-order valence-corrected chi connectivity index (χ0v) is 19.9. The van der Waals surface area contributed by atoms with Gasteiger partial charge in [-0.2, -0.15) is 0 Å². The molecular weight excluding hydrogens is 541 g/mol. The van der Waals surface area contributed by atoms with Crippen LogP contribution in [0.25, 0.3) is 28.7 Å². The van der Waals surface area contributed by atoms with Crippen LogP contribution in [-0.4, -0.2) is 14.5 Å². The maximum absolute atomic E-state index is 13.5. The van der Waals surface area contributed by atoms with Gasteiger partial charge in [0, 0.05) is 15.7 Å². The molecule has 8 heteroatoms. The van der Waals surface area contributed by atoms with Crippen LogP contribution in [0.2, 0.25) is 5.02 Å². The van der Waals surface area contributed by atoms with E-state index in [1.807, 2.05) is 24.3 Å². The minimum atomic E-state index is -0.528. The van der Waals surface area contributed by atoms with E-state index in [0.29, 0.717) is 22.4 Å².